The number of halogens is 1. The molecule has 3 aromatic carbocycles. The fourth-order valence-corrected chi connectivity index (χ4v) is 2.85. The highest BCUT2D eigenvalue weighted by Gasteiger charge is 2.04. The molecule has 0 unspecified atom stereocenters. The maximum absolute atomic E-state index is 2.41. The Hall–Kier alpha value is -1.35. The summed E-state index contributed by atoms with van der Waals surface area (Å²) >= 11 is 2.41. The molecule has 0 atom stereocenters. The van der Waals surface area contributed by atoms with Gasteiger partial charge in [-0.25, -0.2) is 0 Å². The van der Waals surface area contributed by atoms with Gasteiger partial charge in [0, 0.05) is 3.57 Å². The van der Waals surface area contributed by atoms with Crippen LogP contribution in [0.1, 0.15) is 0 Å². The molecule has 0 saturated carbocycles. The van der Waals surface area contributed by atoms with Crippen LogP contribution in [0.3, 0.4) is 0 Å². The van der Waals surface area contributed by atoms with Crippen molar-refractivity contribution in [3.05, 3.63) is 70.3 Å². The van der Waals surface area contributed by atoms with Crippen LogP contribution < -0.4 is 0 Å². The molecule has 3 aromatic rings. The molecule has 0 nitrogen and oxygen atoms in total. The van der Waals surface area contributed by atoms with E-state index < -0.39 is 0 Å². The van der Waals surface area contributed by atoms with E-state index in [0.29, 0.717) is 0 Å². The Morgan fingerprint density at radius 3 is 1.94 bits per heavy atom. The molecule has 0 radical (unpaired) electrons. The van der Waals surface area contributed by atoms with Gasteiger partial charge in [0.1, 0.15) is 0 Å². The Labute approximate surface area is 114 Å². The third-order valence-corrected chi connectivity index (χ3v) is 3.81. The summed E-state index contributed by atoms with van der Waals surface area (Å²) in [5.74, 6) is 0. The second-order valence-corrected chi connectivity index (χ2v) is 5.21. The lowest BCUT2D eigenvalue weighted by Crippen LogP contribution is -1.83. The SMILES string of the molecule is Ic1cc2ccccc2cc1-c1ccccc1. The first-order valence-electron chi connectivity index (χ1n) is 5.58. The number of rotatable bonds is 1. The Balaban J connectivity index is 2.27. The van der Waals surface area contributed by atoms with Crippen molar-refractivity contribution in [1.29, 1.82) is 0 Å². The fourth-order valence-electron chi connectivity index (χ4n) is 2.05. The molecule has 0 saturated heterocycles. The smallest absolute Gasteiger partial charge is 0.0215 e. The highest BCUT2D eigenvalue weighted by molar-refractivity contribution is 14.1. The number of fused-ring (bicyclic) bond motifs is 1. The normalized spacial score (nSPS) is 10.6. The van der Waals surface area contributed by atoms with Gasteiger partial charge in [0.2, 0.25) is 0 Å². The number of hydrogen-bond donors (Lipinski definition) is 0. The zero-order chi connectivity index (χ0) is 11.7. The van der Waals surface area contributed by atoms with Gasteiger partial charge in [0.15, 0.2) is 0 Å². The van der Waals surface area contributed by atoms with Crippen LogP contribution in [0.2, 0.25) is 0 Å². The first kappa shape index (κ1) is 10.8. The minimum Gasteiger partial charge on any atom is -0.0622 e. The van der Waals surface area contributed by atoms with Gasteiger partial charge in [-0.2, -0.15) is 0 Å². The maximum atomic E-state index is 2.41. The molecule has 0 heterocycles. The van der Waals surface area contributed by atoms with E-state index in [1.807, 2.05) is 0 Å². The van der Waals surface area contributed by atoms with E-state index in [9.17, 15) is 0 Å². The van der Waals surface area contributed by atoms with E-state index in [-0.39, 0.29) is 0 Å². The van der Waals surface area contributed by atoms with E-state index in [1.54, 1.807) is 0 Å². The molecule has 0 aliphatic heterocycles. The van der Waals surface area contributed by atoms with Crippen LogP contribution in [0.5, 0.6) is 0 Å². The van der Waals surface area contributed by atoms with Crippen LogP contribution in [0.4, 0.5) is 0 Å². The summed E-state index contributed by atoms with van der Waals surface area (Å²) < 4.78 is 1.30. The van der Waals surface area contributed by atoms with Crippen LogP contribution in [-0.4, -0.2) is 0 Å². The van der Waals surface area contributed by atoms with Gasteiger partial charge in [-0.05, 0) is 56.6 Å². The standard InChI is InChI=1S/C16H11I/c17-16-11-14-9-5-4-8-13(14)10-15(16)12-6-2-1-3-7-12/h1-11H. The largest absolute Gasteiger partial charge is 0.0622 e. The fraction of sp³-hybridized carbons (Fsp3) is 0. The zero-order valence-corrected chi connectivity index (χ0v) is 11.4. The van der Waals surface area contributed by atoms with Gasteiger partial charge < -0.3 is 0 Å². The van der Waals surface area contributed by atoms with E-state index in [4.69, 9.17) is 0 Å². The lowest BCUT2D eigenvalue weighted by molar-refractivity contribution is 1.61. The summed E-state index contributed by atoms with van der Waals surface area (Å²) in [6.07, 6.45) is 0. The van der Waals surface area contributed by atoms with Crippen molar-refractivity contribution in [2.45, 2.75) is 0 Å². The first-order chi connectivity index (χ1) is 8.34. The molecule has 82 valence electrons. The quantitative estimate of drug-likeness (QED) is 0.544. The third kappa shape index (κ3) is 2.07. The molecule has 0 N–H and O–H groups in total. The van der Waals surface area contributed by atoms with Crippen molar-refractivity contribution in [3.8, 4) is 11.1 Å². The van der Waals surface area contributed by atoms with Crippen LogP contribution >= 0.6 is 22.6 Å². The predicted molar refractivity (Wildman–Crippen MR) is 82.1 cm³/mol. The van der Waals surface area contributed by atoms with Crippen molar-refractivity contribution in [2.24, 2.45) is 0 Å². The van der Waals surface area contributed by atoms with E-state index in [1.165, 1.54) is 25.5 Å². The minimum atomic E-state index is 1.28. The van der Waals surface area contributed by atoms with Crippen molar-refractivity contribution in [1.82, 2.24) is 0 Å². The van der Waals surface area contributed by atoms with Crippen LogP contribution in [0.15, 0.2) is 66.7 Å². The monoisotopic (exact) mass is 330 g/mol. The summed E-state index contributed by atoms with van der Waals surface area (Å²) in [5, 5.41) is 2.60. The minimum absolute atomic E-state index is 1.28. The van der Waals surface area contributed by atoms with Crippen molar-refractivity contribution in [3.63, 3.8) is 0 Å². The van der Waals surface area contributed by atoms with Crippen LogP contribution in [0, 0.1) is 3.57 Å². The summed E-state index contributed by atoms with van der Waals surface area (Å²) in [6.45, 7) is 0. The summed E-state index contributed by atoms with van der Waals surface area (Å²) in [7, 11) is 0. The number of hydrogen-bond acceptors (Lipinski definition) is 0. The molecule has 0 amide bonds. The Kier molecular flexibility index (Phi) is 2.85. The predicted octanol–water partition coefficient (Wildman–Crippen LogP) is 5.11. The van der Waals surface area contributed by atoms with Gasteiger partial charge in [0.25, 0.3) is 0 Å². The molecule has 3 rings (SSSR count). The first-order valence-corrected chi connectivity index (χ1v) is 6.66. The average Bonchev–Trinajstić information content (AvgIpc) is 2.39. The molecule has 0 bridgehead atoms. The topological polar surface area (TPSA) is 0 Å². The Morgan fingerprint density at radius 1 is 0.647 bits per heavy atom. The highest BCUT2D eigenvalue weighted by atomic mass is 127. The van der Waals surface area contributed by atoms with Crippen molar-refractivity contribution < 1.29 is 0 Å². The van der Waals surface area contributed by atoms with E-state index >= 15 is 0 Å². The second kappa shape index (κ2) is 4.49. The summed E-state index contributed by atoms with van der Waals surface area (Å²) in [6, 6.07) is 23.6. The lowest BCUT2D eigenvalue weighted by Gasteiger charge is -2.07. The van der Waals surface area contributed by atoms with E-state index in [2.05, 4.69) is 89.3 Å². The lowest BCUT2D eigenvalue weighted by atomic mass is 10.0. The second-order valence-electron chi connectivity index (χ2n) is 4.05. The molecule has 0 aromatic heterocycles. The van der Waals surface area contributed by atoms with E-state index in [0.717, 1.165) is 0 Å². The molecule has 0 aliphatic carbocycles. The van der Waals surface area contributed by atoms with Crippen LogP contribution in [0.25, 0.3) is 21.9 Å². The molecule has 17 heavy (non-hydrogen) atoms. The van der Waals surface area contributed by atoms with Gasteiger partial charge in [-0.1, -0.05) is 54.6 Å². The Bertz CT molecular complexity index is 657. The van der Waals surface area contributed by atoms with Crippen molar-refractivity contribution >= 4 is 33.4 Å². The van der Waals surface area contributed by atoms with Gasteiger partial charge >= 0.3 is 0 Å². The molecular formula is C16H11I. The maximum Gasteiger partial charge on any atom is 0.0215 e. The van der Waals surface area contributed by atoms with Crippen molar-refractivity contribution in [2.75, 3.05) is 0 Å². The highest BCUT2D eigenvalue weighted by Crippen LogP contribution is 2.29. The zero-order valence-electron chi connectivity index (χ0n) is 9.23. The van der Waals surface area contributed by atoms with Gasteiger partial charge in [-0.3, -0.25) is 0 Å². The Morgan fingerprint density at radius 2 is 1.24 bits per heavy atom. The summed E-state index contributed by atoms with van der Waals surface area (Å²) in [5.41, 5.74) is 2.59. The average molecular weight is 330 g/mol. The van der Waals surface area contributed by atoms with Gasteiger partial charge in [-0.15, -0.1) is 0 Å². The third-order valence-electron chi connectivity index (χ3n) is 2.92. The molecule has 0 aliphatic rings. The van der Waals surface area contributed by atoms with Gasteiger partial charge in [0.05, 0.1) is 0 Å². The molecule has 0 fully saturated rings. The molecule has 1 heteroatoms. The molecular weight excluding hydrogens is 319 g/mol. The van der Waals surface area contributed by atoms with Crippen LogP contribution in [-0.2, 0) is 0 Å². The summed E-state index contributed by atoms with van der Waals surface area (Å²) in [4.78, 5) is 0. The molecule has 0 spiro atoms. The number of benzene rings is 3.